The lowest BCUT2D eigenvalue weighted by Gasteiger charge is -2.11. The summed E-state index contributed by atoms with van der Waals surface area (Å²) in [6.45, 7) is 2.65. The highest BCUT2D eigenvalue weighted by Gasteiger charge is 2.16. The van der Waals surface area contributed by atoms with Gasteiger partial charge in [0.25, 0.3) is 0 Å². The molecule has 0 atom stereocenters. The van der Waals surface area contributed by atoms with Crippen LogP contribution >= 0.6 is 0 Å². The summed E-state index contributed by atoms with van der Waals surface area (Å²) in [6, 6.07) is 19.8. The average Bonchev–Trinajstić information content (AvgIpc) is 3.02. The number of hydrogen-bond donors (Lipinski definition) is 3. The van der Waals surface area contributed by atoms with Crippen LogP contribution in [0.15, 0.2) is 71.6 Å². The third-order valence-electron chi connectivity index (χ3n) is 7.94. The van der Waals surface area contributed by atoms with Gasteiger partial charge in [0.15, 0.2) is 0 Å². The molecule has 3 aromatic rings. The fourth-order valence-electron chi connectivity index (χ4n) is 5.37. The lowest BCUT2D eigenvalue weighted by molar-refractivity contribution is -0.121. The number of nitrogens with one attached hydrogen (secondary N) is 3. The molecule has 3 N–H and O–H groups in total. The second-order valence-electron chi connectivity index (χ2n) is 11.6. The van der Waals surface area contributed by atoms with E-state index in [4.69, 9.17) is 0 Å². The van der Waals surface area contributed by atoms with Gasteiger partial charge in [0.1, 0.15) is 0 Å². The monoisotopic (exact) mass is 621 g/mol. The summed E-state index contributed by atoms with van der Waals surface area (Å²) in [5.41, 5.74) is 1.27. The molecule has 0 aliphatic carbocycles. The van der Waals surface area contributed by atoms with Crippen molar-refractivity contribution in [2.75, 3.05) is 11.9 Å². The van der Waals surface area contributed by atoms with Crippen molar-refractivity contribution < 1.29 is 18.0 Å². The van der Waals surface area contributed by atoms with Crippen LogP contribution in [0.25, 0.3) is 10.8 Å². The second kappa shape index (κ2) is 19.9. The highest BCUT2D eigenvalue weighted by Crippen LogP contribution is 2.20. The maximum atomic E-state index is 13.0. The van der Waals surface area contributed by atoms with Crippen LogP contribution in [0.5, 0.6) is 0 Å². The van der Waals surface area contributed by atoms with E-state index in [1.165, 1.54) is 82.8 Å². The summed E-state index contributed by atoms with van der Waals surface area (Å²) in [4.78, 5) is 24.7. The Morgan fingerprint density at radius 1 is 0.659 bits per heavy atom. The van der Waals surface area contributed by atoms with Crippen molar-refractivity contribution in [3.63, 3.8) is 0 Å². The Kier molecular flexibility index (Phi) is 16.0. The van der Waals surface area contributed by atoms with E-state index in [0.29, 0.717) is 12.1 Å². The van der Waals surface area contributed by atoms with E-state index in [9.17, 15) is 18.0 Å². The van der Waals surface area contributed by atoms with Gasteiger partial charge in [0.2, 0.25) is 21.8 Å². The van der Waals surface area contributed by atoms with Crippen molar-refractivity contribution >= 4 is 38.3 Å². The molecule has 0 aliphatic heterocycles. The predicted octanol–water partition coefficient (Wildman–Crippen LogP) is 8.24. The molecule has 0 spiro atoms. The zero-order chi connectivity index (χ0) is 31.5. The first kappa shape index (κ1) is 35.3. The topological polar surface area (TPSA) is 104 Å². The van der Waals surface area contributed by atoms with Crippen molar-refractivity contribution in [2.24, 2.45) is 0 Å². The molecule has 0 aromatic heterocycles. The normalized spacial score (nSPS) is 11.5. The van der Waals surface area contributed by atoms with Crippen LogP contribution in [-0.2, 0) is 26.2 Å². The van der Waals surface area contributed by atoms with E-state index in [2.05, 4.69) is 22.3 Å². The number of amides is 2. The van der Waals surface area contributed by atoms with Crippen LogP contribution in [0.3, 0.4) is 0 Å². The highest BCUT2D eigenvalue weighted by molar-refractivity contribution is 7.89. The van der Waals surface area contributed by atoms with Crippen LogP contribution in [0.4, 0.5) is 5.69 Å². The van der Waals surface area contributed by atoms with Crippen molar-refractivity contribution in [2.45, 2.75) is 115 Å². The van der Waals surface area contributed by atoms with Gasteiger partial charge in [-0.1, -0.05) is 133 Å². The number of carbonyl (C=O) groups is 2. The number of hydrogen-bond acceptors (Lipinski definition) is 4. The van der Waals surface area contributed by atoms with E-state index in [0.717, 1.165) is 29.2 Å². The molecule has 2 amide bonds. The summed E-state index contributed by atoms with van der Waals surface area (Å²) in [7, 11) is -3.80. The number of sulfonamides is 1. The summed E-state index contributed by atoms with van der Waals surface area (Å²) in [5.74, 6) is -0.323. The molecule has 0 fully saturated rings. The molecular weight excluding hydrogens is 570 g/mol. The van der Waals surface area contributed by atoms with E-state index in [1.807, 2.05) is 42.5 Å². The summed E-state index contributed by atoms with van der Waals surface area (Å²) in [5, 5.41) is 7.60. The quantitative estimate of drug-likeness (QED) is 0.0983. The molecular formula is C36H51N3O4S. The van der Waals surface area contributed by atoms with Crippen molar-refractivity contribution in [3.05, 3.63) is 72.3 Å². The van der Waals surface area contributed by atoms with Crippen LogP contribution in [0.2, 0.25) is 0 Å². The molecule has 0 aliphatic rings. The van der Waals surface area contributed by atoms with Gasteiger partial charge in [-0.05, 0) is 41.0 Å². The number of unbranched alkanes of at least 4 members (excludes halogenated alkanes) is 12. The molecule has 3 aromatic carbocycles. The number of fused-ring (bicyclic) bond motifs is 1. The third-order valence-corrected chi connectivity index (χ3v) is 9.34. The minimum Gasteiger partial charge on any atom is -0.356 e. The Morgan fingerprint density at radius 3 is 1.98 bits per heavy atom. The first-order valence-electron chi connectivity index (χ1n) is 16.5. The van der Waals surface area contributed by atoms with Crippen LogP contribution < -0.4 is 15.4 Å². The minimum atomic E-state index is -3.80. The zero-order valence-corrected chi connectivity index (χ0v) is 27.2. The van der Waals surface area contributed by atoms with E-state index >= 15 is 0 Å². The van der Waals surface area contributed by atoms with Crippen LogP contribution in [0.1, 0.15) is 109 Å². The van der Waals surface area contributed by atoms with Gasteiger partial charge in [0.05, 0.1) is 4.90 Å². The minimum absolute atomic E-state index is 0.0359. The van der Waals surface area contributed by atoms with E-state index in [1.54, 1.807) is 12.1 Å². The maximum absolute atomic E-state index is 13.0. The van der Waals surface area contributed by atoms with Gasteiger partial charge in [-0.3, -0.25) is 9.59 Å². The molecule has 0 radical (unpaired) electrons. The molecule has 3 rings (SSSR count). The second-order valence-corrected chi connectivity index (χ2v) is 13.4. The maximum Gasteiger partial charge on any atom is 0.240 e. The van der Waals surface area contributed by atoms with Crippen LogP contribution in [0, 0.1) is 0 Å². The average molecular weight is 622 g/mol. The highest BCUT2D eigenvalue weighted by atomic mass is 32.2. The van der Waals surface area contributed by atoms with Crippen molar-refractivity contribution in [1.82, 2.24) is 10.0 Å². The number of rotatable bonds is 22. The fraction of sp³-hybridized carbons (Fsp3) is 0.500. The summed E-state index contributed by atoms with van der Waals surface area (Å²) in [6.07, 6.45) is 17.0. The van der Waals surface area contributed by atoms with Gasteiger partial charge < -0.3 is 10.6 Å². The van der Waals surface area contributed by atoms with E-state index in [-0.39, 0.29) is 36.2 Å². The Hall–Kier alpha value is -3.23. The summed E-state index contributed by atoms with van der Waals surface area (Å²) >= 11 is 0. The molecule has 8 heteroatoms. The van der Waals surface area contributed by atoms with Crippen LogP contribution in [-0.4, -0.2) is 26.8 Å². The fourth-order valence-corrected chi connectivity index (χ4v) is 6.43. The van der Waals surface area contributed by atoms with Crippen molar-refractivity contribution in [3.8, 4) is 0 Å². The van der Waals surface area contributed by atoms with Gasteiger partial charge in [0, 0.05) is 31.6 Å². The lowest BCUT2D eigenvalue weighted by atomic mass is 10.0. The Morgan fingerprint density at radius 2 is 1.27 bits per heavy atom. The first-order chi connectivity index (χ1) is 21.4. The Labute approximate surface area is 264 Å². The molecule has 0 unspecified atom stereocenters. The zero-order valence-electron chi connectivity index (χ0n) is 26.4. The standard InChI is InChI=1S/C36H51N3O4S/c1-2-3-4-5-6-7-8-9-10-11-12-13-14-25-35(40)37-27-26-36(41)39-32-22-18-23-33(28-32)44(42,43)38-29-31-21-17-20-30-19-15-16-24-34(30)31/h15-24,28,38H,2-14,25-27,29H2,1H3,(H,37,40)(H,39,41). The number of benzene rings is 3. The molecule has 0 saturated carbocycles. The molecule has 240 valence electrons. The lowest BCUT2D eigenvalue weighted by Crippen LogP contribution is -2.27. The molecule has 0 heterocycles. The van der Waals surface area contributed by atoms with Gasteiger partial charge >= 0.3 is 0 Å². The number of carbonyl (C=O) groups excluding carboxylic acids is 2. The third kappa shape index (κ3) is 13.2. The number of anilines is 1. The van der Waals surface area contributed by atoms with Gasteiger partial charge in [-0.2, -0.15) is 0 Å². The van der Waals surface area contributed by atoms with Gasteiger partial charge in [-0.15, -0.1) is 0 Å². The largest absolute Gasteiger partial charge is 0.356 e. The molecule has 0 bridgehead atoms. The van der Waals surface area contributed by atoms with Crippen molar-refractivity contribution in [1.29, 1.82) is 0 Å². The molecule has 7 nitrogen and oxygen atoms in total. The predicted molar refractivity (Wildman–Crippen MR) is 181 cm³/mol. The Balaban J connectivity index is 1.27. The van der Waals surface area contributed by atoms with E-state index < -0.39 is 10.0 Å². The smallest absolute Gasteiger partial charge is 0.240 e. The molecule has 0 saturated heterocycles. The SMILES string of the molecule is CCCCCCCCCCCCCCCC(=O)NCCC(=O)Nc1cccc(S(=O)(=O)NCc2cccc3ccccc23)c1. The molecule has 44 heavy (non-hydrogen) atoms. The summed E-state index contributed by atoms with van der Waals surface area (Å²) < 4.78 is 28.6. The van der Waals surface area contributed by atoms with Gasteiger partial charge in [-0.25, -0.2) is 13.1 Å². The first-order valence-corrected chi connectivity index (χ1v) is 18.0. The Bertz CT molecular complexity index is 1400.